The number of benzene rings is 8. The van der Waals surface area contributed by atoms with E-state index in [1.807, 2.05) is 60.7 Å². The van der Waals surface area contributed by atoms with Gasteiger partial charge in [-0.15, -0.1) is 0 Å². The Hall–Kier alpha value is -7.83. The number of hydrogen-bond donors (Lipinski definition) is 0. The average Bonchev–Trinajstić information content (AvgIpc) is 3.96. The lowest BCUT2D eigenvalue weighted by Gasteiger charge is -2.13. The fraction of sp³-hybridized carbons (Fsp3) is 0. The summed E-state index contributed by atoms with van der Waals surface area (Å²) >= 11 is 0. The first-order valence-corrected chi connectivity index (χ1v) is 19.0. The second-order valence-corrected chi connectivity index (χ2v) is 14.4. The molecule has 0 radical (unpaired) electrons. The maximum absolute atomic E-state index is 6.62. The van der Waals surface area contributed by atoms with Crippen LogP contribution in [0.2, 0.25) is 0 Å². The van der Waals surface area contributed by atoms with Crippen LogP contribution in [0.5, 0.6) is 0 Å². The Morgan fingerprint density at radius 2 is 0.947 bits per heavy atom. The molecule has 0 saturated carbocycles. The summed E-state index contributed by atoms with van der Waals surface area (Å²) in [4.78, 5) is 15.5. The number of rotatable bonds is 5. The molecule has 0 bridgehead atoms. The van der Waals surface area contributed by atoms with E-state index in [0.717, 1.165) is 99.2 Å². The van der Waals surface area contributed by atoms with Crippen molar-refractivity contribution in [1.29, 1.82) is 0 Å². The van der Waals surface area contributed by atoms with Crippen molar-refractivity contribution >= 4 is 65.7 Å². The topological polar surface area (TPSA) is 69.9 Å². The van der Waals surface area contributed by atoms with Gasteiger partial charge in [-0.25, -0.2) is 15.0 Å². The van der Waals surface area contributed by atoms with Crippen molar-refractivity contribution in [3.63, 3.8) is 0 Å². The largest absolute Gasteiger partial charge is 0.456 e. The van der Waals surface area contributed by atoms with Crippen LogP contribution in [0.15, 0.2) is 191 Å². The van der Waals surface area contributed by atoms with Gasteiger partial charge in [0.25, 0.3) is 0 Å². The van der Waals surface area contributed by atoms with Crippen molar-refractivity contribution < 1.29 is 8.83 Å². The van der Waals surface area contributed by atoms with Crippen LogP contribution < -0.4 is 0 Å². The highest BCUT2D eigenvalue weighted by atomic mass is 16.3. The van der Waals surface area contributed by atoms with Gasteiger partial charge in [0, 0.05) is 60.8 Å². The molecule has 0 fully saturated rings. The van der Waals surface area contributed by atoms with Crippen molar-refractivity contribution in [2.45, 2.75) is 0 Å². The third-order valence-corrected chi connectivity index (χ3v) is 11.1. The van der Waals surface area contributed by atoms with Crippen LogP contribution in [0.4, 0.5) is 0 Å². The molecular formula is C51H30N4O2. The molecule has 0 spiro atoms. The number of furan rings is 2. The standard InChI is InChI=1S/C51H30N4O2/c1-3-13-31(14-4-1)35-19-12-24-44-47(35)40-28-26-34(30-46(40)57-44)55-42-22-9-7-17-36(42)39-20-11-21-41(48(39)55)51-53-49(32-15-5-2-6-16-32)52-50(54-51)33-25-27-38-37-18-8-10-23-43(37)56-45(38)29-33/h1-30H. The Labute approximate surface area is 325 Å². The minimum Gasteiger partial charge on any atom is -0.456 e. The van der Waals surface area contributed by atoms with Crippen LogP contribution >= 0.6 is 0 Å². The number of nitrogens with zero attached hydrogens (tertiary/aromatic N) is 4. The molecule has 12 rings (SSSR count). The van der Waals surface area contributed by atoms with Gasteiger partial charge in [0.1, 0.15) is 22.3 Å². The van der Waals surface area contributed by atoms with Gasteiger partial charge >= 0.3 is 0 Å². The normalized spacial score (nSPS) is 11.9. The minimum atomic E-state index is 0.568. The van der Waals surface area contributed by atoms with E-state index in [4.69, 9.17) is 23.8 Å². The predicted octanol–water partition coefficient (Wildman–Crippen LogP) is 13.4. The summed E-state index contributed by atoms with van der Waals surface area (Å²) in [7, 11) is 0. The lowest BCUT2D eigenvalue weighted by Crippen LogP contribution is -2.02. The quantitative estimate of drug-likeness (QED) is 0.176. The van der Waals surface area contributed by atoms with Gasteiger partial charge in [-0.3, -0.25) is 0 Å². The SMILES string of the molecule is c1ccc(-c2nc(-c3ccc4c(c3)oc3ccccc34)nc(-c3cccc4c5ccccc5n(-c5ccc6c(c5)oc5cccc(-c7ccccc7)c56)c34)n2)cc1. The number of aromatic nitrogens is 4. The zero-order chi connectivity index (χ0) is 37.5. The molecule has 57 heavy (non-hydrogen) atoms. The van der Waals surface area contributed by atoms with Gasteiger partial charge in [-0.1, -0.05) is 127 Å². The van der Waals surface area contributed by atoms with Gasteiger partial charge in [-0.05, 0) is 59.7 Å². The van der Waals surface area contributed by atoms with E-state index in [2.05, 4.69) is 126 Å². The van der Waals surface area contributed by atoms with E-state index >= 15 is 0 Å². The Morgan fingerprint density at radius 3 is 1.81 bits per heavy atom. The van der Waals surface area contributed by atoms with Crippen molar-refractivity contribution in [2.24, 2.45) is 0 Å². The molecule has 0 saturated heterocycles. The Balaban J connectivity index is 1.09. The van der Waals surface area contributed by atoms with Crippen LogP contribution in [0, 0.1) is 0 Å². The van der Waals surface area contributed by atoms with E-state index in [-0.39, 0.29) is 0 Å². The highest BCUT2D eigenvalue weighted by molar-refractivity contribution is 6.15. The van der Waals surface area contributed by atoms with Crippen LogP contribution in [-0.2, 0) is 0 Å². The van der Waals surface area contributed by atoms with Crippen LogP contribution in [-0.4, -0.2) is 19.5 Å². The van der Waals surface area contributed by atoms with E-state index in [1.54, 1.807) is 0 Å². The number of fused-ring (bicyclic) bond motifs is 9. The predicted molar refractivity (Wildman–Crippen MR) is 230 cm³/mol. The third-order valence-electron chi connectivity index (χ3n) is 11.1. The van der Waals surface area contributed by atoms with E-state index in [9.17, 15) is 0 Å². The molecule has 0 atom stereocenters. The van der Waals surface area contributed by atoms with Crippen molar-refractivity contribution in [3.05, 3.63) is 182 Å². The number of para-hydroxylation sites is 3. The molecule has 0 unspecified atom stereocenters. The second-order valence-electron chi connectivity index (χ2n) is 14.4. The number of hydrogen-bond acceptors (Lipinski definition) is 5. The molecule has 266 valence electrons. The summed E-state index contributed by atoms with van der Waals surface area (Å²) in [5.41, 5.74) is 11.3. The molecule has 4 heterocycles. The molecule has 8 aromatic carbocycles. The summed E-state index contributed by atoms with van der Waals surface area (Å²) in [5.74, 6) is 1.74. The zero-order valence-corrected chi connectivity index (χ0v) is 30.4. The molecule has 0 N–H and O–H groups in total. The van der Waals surface area contributed by atoms with Crippen LogP contribution in [0.3, 0.4) is 0 Å². The summed E-state index contributed by atoms with van der Waals surface area (Å²) in [6.45, 7) is 0. The zero-order valence-electron chi connectivity index (χ0n) is 30.4. The molecule has 4 aromatic heterocycles. The van der Waals surface area contributed by atoms with Gasteiger partial charge in [0.05, 0.1) is 11.0 Å². The van der Waals surface area contributed by atoms with Crippen LogP contribution in [0.1, 0.15) is 0 Å². The first-order chi connectivity index (χ1) is 28.2. The van der Waals surface area contributed by atoms with Crippen molar-refractivity contribution in [3.8, 4) is 51.0 Å². The summed E-state index contributed by atoms with van der Waals surface area (Å²) in [6.07, 6.45) is 0. The fourth-order valence-electron chi connectivity index (χ4n) is 8.49. The first-order valence-electron chi connectivity index (χ1n) is 19.0. The highest BCUT2D eigenvalue weighted by Crippen LogP contribution is 2.41. The molecule has 0 aliphatic carbocycles. The van der Waals surface area contributed by atoms with Gasteiger partial charge < -0.3 is 13.4 Å². The molecule has 12 aromatic rings. The van der Waals surface area contributed by atoms with Gasteiger partial charge in [0.2, 0.25) is 0 Å². The summed E-state index contributed by atoms with van der Waals surface area (Å²) in [5, 5.41) is 6.56. The fourth-order valence-corrected chi connectivity index (χ4v) is 8.49. The monoisotopic (exact) mass is 730 g/mol. The first kappa shape index (κ1) is 31.5. The molecule has 6 heteroatoms. The van der Waals surface area contributed by atoms with Gasteiger partial charge in [0.15, 0.2) is 17.5 Å². The molecule has 0 aliphatic heterocycles. The van der Waals surface area contributed by atoms with E-state index < -0.39 is 0 Å². The minimum absolute atomic E-state index is 0.568. The molecule has 0 aliphatic rings. The molecular weight excluding hydrogens is 701 g/mol. The Bertz CT molecular complexity index is 3530. The van der Waals surface area contributed by atoms with E-state index in [0.29, 0.717) is 17.5 Å². The lowest BCUT2D eigenvalue weighted by atomic mass is 9.99. The smallest absolute Gasteiger partial charge is 0.166 e. The van der Waals surface area contributed by atoms with Crippen LogP contribution in [0.25, 0.3) is 117 Å². The maximum Gasteiger partial charge on any atom is 0.166 e. The van der Waals surface area contributed by atoms with Gasteiger partial charge in [-0.2, -0.15) is 0 Å². The van der Waals surface area contributed by atoms with E-state index in [1.165, 1.54) is 0 Å². The second kappa shape index (κ2) is 12.3. The molecule has 6 nitrogen and oxygen atoms in total. The summed E-state index contributed by atoms with van der Waals surface area (Å²) < 4.78 is 15.2. The molecule has 0 amide bonds. The van der Waals surface area contributed by atoms with Crippen molar-refractivity contribution in [1.82, 2.24) is 19.5 Å². The Kier molecular flexibility index (Phi) is 6.83. The van der Waals surface area contributed by atoms with Crippen molar-refractivity contribution in [2.75, 3.05) is 0 Å². The maximum atomic E-state index is 6.62. The summed E-state index contributed by atoms with van der Waals surface area (Å²) in [6, 6.07) is 62.6. The average molecular weight is 731 g/mol. The lowest BCUT2D eigenvalue weighted by molar-refractivity contribution is 0.668. The third kappa shape index (κ3) is 4.94. The highest BCUT2D eigenvalue weighted by Gasteiger charge is 2.22. The Morgan fingerprint density at radius 1 is 0.351 bits per heavy atom.